The van der Waals surface area contributed by atoms with Crippen LogP contribution < -0.4 is 21.9 Å². The van der Waals surface area contributed by atoms with Gasteiger partial charge in [0.1, 0.15) is 5.66 Å². The van der Waals surface area contributed by atoms with Gasteiger partial charge in [-0.15, -0.1) is 0 Å². The summed E-state index contributed by atoms with van der Waals surface area (Å²) in [4.78, 5) is 27.7. The highest BCUT2D eigenvalue weighted by molar-refractivity contribution is 6.06. The molecule has 0 atom stereocenters. The predicted molar refractivity (Wildman–Crippen MR) is 103 cm³/mol. The van der Waals surface area contributed by atoms with Crippen LogP contribution in [-0.4, -0.2) is 27.1 Å². The van der Waals surface area contributed by atoms with Crippen molar-refractivity contribution in [1.29, 1.82) is 0 Å². The van der Waals surface area contributed by atoms with E-state index in [0.717, 1.165) is 31.4 Å². The summed E-state index contributed by atoms with van der Waals surface area (Å²) >= 11 is 0. The van der Waals surface area contributed by atoms with Crippen LogP contribution in [0.5, 0.6) is 0 Å². The second-order valence-electron chi connectivity index (χ2n) is 6.86. The number of anilines is 1. The maximum absolute atomic E-state index is 12.5. The van der Waals surface area contributed by atoms with Crippen LogP contribution in [0, 0.1) is 0 Å². The van der Waals surface area contributed by atoms with Gasteiger partial charge in [0, 0.05) is 12.2 Å². The first kappa shape index (κ1) is 16.6. The summed E-state index contributed by atoms with van der Waals surface area (Å²) in [6.07, 6.45) is 6.62. The van der Waals surface area contributed by atoms with Gasteiger partial charge in [0.2, 0.25) is 11.9 Å². The van der Waals surface area contributed by atoms with E-state index in [-0.39, 0.29) is 11.5 Å². The third kappa shape index (κ3) is 2.53. The minimum atomic E-state index is -0.500. The second kappa shape index (κ2) is 6.12. The lowest BCUT2D eigenvalue weighted by Gasteiger charge is -2.45. The van der Waals surface area contributed by atoms with Crippen molar-refractivity contribution in [1.82, 2.24) is 9.55 Å². The van der Waals surface area contributed by atoms with Gasteiger partial charge in [0.25, 0.3) is 5.56 Å². The smallest absolute Gasteiger partial charge is 0.261 e. The number of aliphatic imine (C=N–C) groups is 2. The summed E-state index contributed by atoms with van der Waals surface area (Å²) in [5, 5.41) is 0.589. The van der Waals surface area contributed by atoms with E-state index in [1.54, 1.807) is 17.0 Å². The second-order valence-corrected chi connectivity index (χ2v) is 6.86. The molecule has 1 aliphatic heterocycles. The standard InChI is InChI=1S/C18H23N7O/c1-2-24-11-21-14-10-12(6-7-13(14)15(24)26)25-17(20)22-16(19)23-18(25)8-4-3-5-9-18/h6-7,10-11H,2-5,8-9H2,1H3,(H4,19,20,22,23). The largest absolute Gasteiger partial charge is 0.369 e. The van der Waals surface area contributed by atoms with Crippen molar-refractivity contribution in [3.05, 3.63) is 34.9 Å². The van der Waals surface area contributed by atoms with Crippen molar-refractivity contribution in [2.75, 3.05) is 4.90 Å². The van der Waals surface area contributed by atoms with E-state index in [1.165, 1.54) is 6.42 Å². The average molecular weight is 353 g/mol. The molecule has 136 valence electrons. The molecule has 0 bridgehead atoms. The van der Waals surface area contributed by atoms with Crippen LogP contribution in [0.25, 0.3) is 10.9 Å². The van der Waals surface area contributed by atoms with Crippen molar-refractivity contribution in [3.63, 3.8) is 0 Å². The monoisotopic (exact) mass is 353 g/mol. The van der Waals surface area contributed by atoms with Gasteiger partial charge < -0.3 is 11.5 Å². The van der Waals surface area contributed by atoms with Crippen LogP contribution in [0.15, 0.2) is 39.3 Å². The molecule has 1 spiro atoms. The predicted octanol–water partition coefficient (Wildman–Crippen LogP) is 1.53. The Morgan fingerprint density at radius 2 is 1.96 bits per heavy atom. The molecule has 4 rings (SSSR count). The molecule has 0 saturated heterocycles. The number of rotatable bonds is 2. The Balaban J connectivity index is 1.85. The molecular formula is C18H23N7O. The summed E-state index contributed by atoms with van der Waals surface area (Å²) in [6, 6.07) is 5.57. The van der Waals surface area contributed by atoms with Crippen molar-refractivity contribution < 1.29 is 0 Å². The molecule has 1 aromatic carbocycles. The van der Waals surface area contributed by atoms with E-state index < -0.39 is 5.66 Å². The number of aromatic nitrogens is 2. The van der Waals surface area contributed by atoms with E-state index >= 15 is 0 Å². The van der Waals surface area contributed by atoms with Crippen LogP contribution in [0.1, 0.15) is 39.0 Å². The molecule has 1 aliphatic carbocycles. The SMILES string of the molecule is CCn1cnc2cc(N3C(N)=NC(N)=NC34CCCCC4)ccc2c1=O. The fourth-order valence-corrected chi connectivity index (χ4v) is 4.01. The minimum absolute atomic E-state index is 0.0426. The zero-order valence-corrected chi connectivity index (χ0v) is 14.9. The topological polar surface area (TPSA) is 115 Å². The molecule has 8 nitrogen and oxygen atoms in total. The molecule has 26 heavy (non-hydrogen) atoms. The third-order valence-electron chi connectivity index (χ3n) is 5.26. The zero-order valence-electron chi connectivity index (χ0n) is 14.9. The van der Waals surface area contributed by atoms with Crippen LogP contribution in [0.4, 0.5) is 5.69 Å². The molecule has 1 fully saturated rings. The van der Waals surface area contributed by atoms with E-state index in [0.29, 0.717) is 23.4 Å². The molecule has 0 unspecified atom stereocenters. The first-order valence-corrected chi connectivity index (χ1v) is 9.03. The summed E-state index contributed by atoms with van der Waals surface area (Å²) in [5.41, 5.74) is 13.1. The Morgan fingerprint density at radius 3 is 2.69 bits per heavy atom. The quantitative estimate of drug-likeness (QED) is 0.849. The van der Waals surface area contributed by atoms with Crippen molar-refractivity contribution in [3.8, 4) is 0 Å². The van der Waals surface area contributed by atoms with Crippen molar-refractivity contribution in [2.45, 2.75) is 51.2 Å². The Hall–Kier alpha value is -2.90. The number of fused-ring (bicyclic) bond motifs is 1. The lowest BCUT2D eigenvalue weighted by Crippen LogP contribution is -2.58. The summed E-state index contributed by atoms with van der Waals surface area (Å²) in [6.45, 7) is 2.51. The molecule has 0 radical (unpaired) electrons. The molecule has 2 aromatic rings. The Labute approximate surface area is 151 Å². The summed E-state index contributed by atoms with van der Waals surface area (Å²) < 4.78 is 1.59. The lowest BCUT2D eigenvalue weighted by molar-refractivity contribution is 0.305. The van der Waals surface area contributed by atoms with E-state index in [2.05, 4.69) is 15.0 Å². The van der Waals surface area contributed by atoms with E-state index in [9.17, 15) is 4.79 Å². The highest BCUT2D eigenvalue weighted by atomic mass is 16.1. The highest BCUT2D eigenvalue weighted by Crippen LogP contribution is 2.39. The van der Waals surface area contributed by atoms with Gasteiger partial charge in [-0.1, -0.05) is 6.42 Å². The van der Waals surface area contributed by atoms with Gasteiger partial charge in [0.15, 0.2) is 0 Å². The fraction of sp³-hybridized carbons (Fsp3) is 0.444. The number of benzene rings is 1. The zero-order chi connectivity index (χ0) is 18.3. The van der Waals surface area contributed by atoms with Crippen LogP contribution >= 0.6 is 0 Å². The molecule has 0 amide bonds. The van der Waals surface area contributed by atoms with Gasteiger partial charge >= 0.3 is 0 Å². The fourth-order valence-electron chi connectivity index (χ4n) is 4.01. The Morgan fingerprint density at radius 1 is 1.19 bits per heavy atom. The Kier molecular flexibility index (Phi) is 3.90. The van der Waals surface area contributed by atoms with Crippen LogP contribution in [0.2, 0.25) is 0 Å². The summed E-state index contributed by atoms with van der Waals surface area (Å²) in [5.74, 6) is 0.561. The van der Waals surface area contributed by atoms with Crippen LogP contribution in [0.3, 0.4) is 0 Å². The number of nitrogens with zero attached hydrogens (tertiary/aromatic N) is 5. The third-order valence-corrected chi connectivity index (χ3v) is 5.26. The highest BCUT2D eigenvalue weighted by Gasteiger charge is 2.42. The molecule has 8 heteroatoms. The Bertz CT molecular complexity index is 969. The van der Waals surface area contributed by atoms with Gasteiger partial charge in [0.05, 0.1) is 17.2 Å². The molecule has 1 aromatic heterocycles. The molecule has 1 saturated carbocycles. The van der Waals surface area contributed by atoms with Gasteiger partial charge in [-0.3, -0.25) is 14.3 Å². The van der Waals surface area contributed by atoms with E-state index in [1.807, 2.05) is 24.0 Å². The molecular weight excluding hydrogens is 330 g/mol. The van der Waals surface area contributed by atoms with Crippen LogP contribution in [-0.2, 0) is 6.54 Å². The van der Waals surface area contributed by atoms with Gasteiger partial charge in [-0.2, -0.15) is 4.99 Å². The number of hydrogen-bond donors (Lipinski definition) is 2. The normalized spacial score (nSPS) is 19.5. The molecule has 4 N–H and O–H groups in total. The minimum Gasteiger partial charge on any atom is -0.369 e. The molecule has 2 heterocycles. The summed E-state index contributed by atoms with van der Waals surface area (Å²) in [7, 11) is 0. The lowest BCUT2D eigenvalue weighted by atomic mass is 9.87. The van der Waals surface area contributed by atoms with Gasteiger partial charge in [-0.25, -0.2) is 9.98 Å². The van der Waals surface area contributed by atoms with E-state index in [4.69, 9.17) is 11.5 Å². The van der Waals surface area contributed by atoms with Crippen molar-refractivity contribution >= 4 is 28.5 Å². The maximum atomic E-state index is 12.5. The molecule has 2 aliphatic rings. The number of guanidine groups is 2. The number of aryl methyl sites for hydroxylation is 1. The van der Waals surface area contributed by atoms with Crippen molar-refractivity contribution in [2.24, 2.45) is 21.5 Å². The number of hydrogen-bond acceptors (Lipinski definition) is 7. The number of nitrogens with two attached hydrogens (primary N) is 2. The average Bonchev–Trinajstić information content (AvgIpc) is 2.62. The maximum Gasteiger partial charge on any atom is 0.261 e. The first-order chi connectivity index (χ1) is 12.5. The van der Waals surface area contributed by atoms with Gasteiger partial charge in [-0.05, 0) is 50.8 Å². The first-order valence-electron chi connectivity index (χ1n) is 9.03.